The molecule has 3 aromatic rings. The molecule has 0 aliphatic carbocycles. The number of nitrogens with one attached hydrogen (secondary N) is 1. The van der Waals surface area contributed by atoms with E-state index in [9.17, 15) is 18.0 Å². The van der Waals surface area contributed by atoms with Crippen molar-refractivity contribution in [3.05, 3.63) is 52.8 Å². The maximum absolute atomic E-state index is 13.7. The number of furan rings is 1. The summed E-state index contributed by atoms with van der Waals surface area (Å²) in [5.74, 6) is -3.91. The van der Waals surface area contributed by atoms with E-state index >= 15 is 0 Å². The van der Waals surface area contributed by atoms with Gasteiger partial charge in [0.05, 0.1) is 25.2 Å². The molecule has 2 heterocycles. The molecule has 7 nitrogen and oxygen atoms in total. The molecule has 0 fully saturated rings. The van der Waals surface area contributed by atoms with E-state index in [4.69, 9.17) is 16.6 Å². The Kier molecular flexibility index (Phi) is 6.18. The highest BCUT2D eigenvalue weighted by atomic mass is 32.1. The van der Waals surface area contributed by atoms with Crippen LogP contribution >= 0.6 is 12.2 Å². The lowest BCUT2D eigenvalue weighted by Crippen LogP contribution is -2.32. The van der Waals surface area contributed by atoms with Gasteiger partial charge < -0.3 is 9.73 Å². The molecule has 1 aromatic carbocycles. The van der Waals surface area contributed by atoms with Crippen molar-refractivity contribution in [3.8, 4) is 11.6 Å². The van der Waals surface area contributed by atoms with Gasteiger partial charge in [0, 0.05) is 6.54 Å². The van der Waals surface area contributed by atoms with Crippen LogP contribution in [-0.4, -0.2) is 38.7 Å². The molecule has 29 heavy (non-hydrogen) atoms. The highest BCUT2D eigenvalue weighted by Crippen LogP contribution is 2.20. The van der Waals surface area contributed by atoms with Gasteiger partial charge in [-0.15, -0.1) is 5.10 Å². The summed E-state index contributed by atoms with van der Waals surface area (Å²) in [4.78, 5) is 13.7. The lowest BCUT2D eigenvalue weighted by atomic mass is 10.2. The van der Waals surface area contributed by atoms with Crippen LogP contribution in [0.15, 0.2) is 34.9 Å². The van der Waals surface area contributed by atoms with Gasteiger partial charge in [-0.3, -0.25) is 14.3 Å². The number of carbonyl (C=O) groups excluding carboxylic acids is 1. The van der Waals surface area contributed by atoms with Gasteiger partial charge in [0.15, 0.2) is 33.8 Å². The fourth-order valence-corrected chi connectivity index (χ4v) is 3.06. The van der Waals surface area contributed by atoms with Crippen LogP contribution in [0.25, 0.3) is 11.6 Å². The van der Waals surface area contributed by atoms with Gasteiger partial charge in [0.25, 0.3) is 0 Å². The molecule has 0 atom stereocenters. The van der Waals surface area contributed by atoms with E-state index in [1.54, 1.807) is 28.6 Å². The molecule has 1 N–H and O–H groups in total. The Labute approximate surface area is 169 Å². The molecule has 154 valence electrons. The van der Waals surface area contributed by atoms with Gasteiger partial charge in [0.2, 0.25) is 5.91 Å². The van der Waals surface area contributed by atoms with Crippen molar-refractivity contribution in [2.75, 3.05) is 18.9 Å². The van der Waals surface area contributed by atoms with E-state index in [-0.39, 0.29) is 13.2 Å². The number of anilines is 1. The number of nitrogens with zero attached hydrogens (tertiary/aromatic N) is 4. The Morgan fingerprint density at radius 3 is 2.69 bits per heavy atom. The number of benzene rings is 1. The number of carbonyl (C=O) groups is 1. The lowest BCUT2D eigenvalue weighted by Gasteiger charge is -2.16. The van der Waals surface area contributed by atoms with E-state index < -0.39 is 29.0 Å². The van der Waals surface area contributed by atoms with E-state index in [0.717, 1.165) is 12.1 Å². The van der Waals surface area contributed by atoms with Crippen molar-refractivity contribution < 1.29 is 22.4 Å². The first-order valence-corrected chi connectivity index (χ1v) is 9.06. The minimum Gasteiger partial charge on any atom is -0.461 e. The van der Waals surface area contributed by atoms with E-state index in [0.29, 0.717) is 22.9 Å². The minimum atomic E-state index is -1.64. The minimum absolute atomic E-state index is 0.157. The highest BCUT2D eigenvalue weighted by molar-refractivity contribution is 7.71. The first-order chi connectivity index (χ1) is 13.8. The number of aromatic nitrogens is 3. The second kappa shape index (κ2) is 8.62. The summed E-state index contributed by atoms with van der Waals surface area (Å²) in [5, 5.41) is 6.67. The Hall–Kier alpha value is -2.92. The number of likely N-dealkylation sites (N-methyl/N-ethyl adjacent to an activating group) is 1. The smallest absolute Gasteiger partial charge is 0.238 e. The topological polar surface area (TPSA) is 68.2 Å². The lowest BCUT2D eigenvalue weighted by molar-refractivity contribution is -0.117. The molecule has 0 bridgehead atoms. The molecule has 2 aromatic heterocycles. The molecule has 0 aliphatic rings. The van der Waals surface area contributed by atoms with Crippen LogP contribution in [0.3, 0.4) is 0 Å². The summed E-state index contributed by atoms with van der Waals surface area (Å²) in [7, 11) is 1.64. The van der Waals surface area contributed by atoms with Crippen molar-refractivity contribution in [2.24, 2.45) is 0 Å². The third kappa shape index (κ3) is 4.40. The number of halogens is 3. The first-order valence-electron chi connectivity index (χ1n) is 8.65. The van der Waals surface area contributed by atoms with Gasteiger partial charge in [-0.25, -0.2) is 17.9 Å². The average Bonchev–Trinajstić information content (AvgIpc) is 3.30. The second-order valence-electron chi connectivity index (χ2n) is 6.25. The maximum atomic E-state index is 13.7. The summed E-state index contributed by atoms with van der Waals surface area (Å²) in [5.41, 5.74) is -0.436. The molecule has 0 spiro atoms. The van der Waals surface area contributed by atoms with E-state index in [2.05, 4.69) is 10.4 Å². The van der Waals surface area contributed by atoms with E-state index in [1.807, 2.05) is 6.92 Å². The fraction of sp³-hybridized carbons (Fsp3) is 0.278. The van der Waals surface area contributed by atoms with Crippen molar-refractivity contribution in [1.82, 2.24) is 19.2 Å². The predicted molar refractivity (Wildman–Crippen MR) is 102 cm³/mol. The van der Waals surface area contributed by atoms with E-state index in [1.165, 1.54) is 10.9 Å². The van der Waals surface area contributed by atoms with Crippen LogP contribution in [0.2, 0.25) is 0 Å². The summed E-state index contributed by atoms with van der Waals surface area (Å²) >= 11 is 5.43. The SMILES string of the molecule is CCn1c(-c2ccco2)nn(CN(C)CC(=O)Nc2ccc(F)c(F)c2F)c1=S. The third-order valence-corrected chi connectivity index (χ3v) is 4.51. The molecule has 1 amide bonds. The molecule has 0 saturated heterocycles. The Bertz CT molecular complexity index is 1080. The standard InChI is InChI=1S/C18H18F3N5O2S/c1-3-25-17(13-5-4-8-28-13)23-26(18(25)29)10-24(2)9-14(27)22-12-7-6-11(19)15(20)16(12)21/h4-8H,3,9-10H2,1-2H3,(H,22,27). The van der Waals surface area contributed by atoms with Crippen molar-refractivity contribution in [1.29, 1.82) is 0 Å². The molecule has 0 radical (unpaired) electrons. The van der Waals surface area contributed by atoms with Crippen LogP contribution in [0.4, 0.5) is 18.9 Å². The first kappa shape index (κ1) is 20.8. The Balaban J connectivity index is 1.70. The molecular formula is C18H18F3N5O2S. The zero-order valence-electron chi connectivity index (χ0n) is 15.7. The summed E-state index contributed by atoms with van der Waals surface area (Å²) in [6.45, 7) is 2.51. The number of hydrogen-bond donors (Lipinski definition) is 1. The highest BCUT2D eigenvalue weighted by Gasteiger charge is 2.18. The zero-order valence-corrected chi connectivity index (χ0v) is 16.5. The monoisotopic (exact) mass is 425 g/mol. The molecule has 0 unspecified atom stereocenters. The van der Waals surface area contributed by atoms with Gasteiger partial charge in [0.1, 0.15) is 0 Å². The van der Waals surface area contributed by atoms with Crippen molar-refractivity contribution in [3.63, 3.8) is 0 Å². The molecule has 0 aliphatic heterocycles. The second-order valence-corrected chi connectivity index (χ2v) is 6.62. The quantitative estimate of drug-likeness (QED) is 0.462. The van der Waals surface area contributed by atoms with Crippen LogP contribution in [0, 0.1) is 22.2 Å². The van der Waals surface area contributed by atoms with Crippen molar-refractivity contribution in [2.45, 2.75) is 20.1 Å². The molecule has 0 saturated carbocycles. The zero-order chi connectivity index (χ0) is 21.1. The number of rotatable bonds is 7. The van der Waals surface area contributed by atoms with Gasteiger partial charge in [-0.1, -0.05) is 0 Å². The Morgan fingerprint density at radius 1 is 1.28 bits per heavy atom. The number of amides is 1. The summed E-state index contributed by atoms with van der Waals surface area (Å²) in [6.07, 6.45) is 1.53. The summed E-state index contributed by atoms with van der Waals surface area (Å²) < 4.78 is 49.1. The molecular weight excluding hydrogens is 407 g/mol. The van der Waals surface area contributed by atoms with Gasteiger partial charge in [-0.05, 0) is 50.5 Å². The fourth-order valence-electron chi connectivity index (χ4n) is 2.74. The third-order valence-electron chi connectivity index (χ3n) is 4.08. The van der Waals surface area contributed by atoms with Crippen LogP contribution in [0.1, 0.15) is 6.92 Å². The van der Waals surface area contributed by atoms with Crippen LogP contribution in [-0.2, 0) is 18.0 Å². The normalized spacial score (nSPS) is 11.2. The molecule has 3 rings (SSSR count). The van der Waals surface area contributed by atoms with Gasteiger partial charge >= 0.3 is 0 Å². The van der Waals surface area contributed by atoms with Crippen molar-refractivity contribution >= 4 is 23.8 Å². The number of hydrogen-bond acceptors (Lipinski definition) is 5. The average molecular weight is 425 g/mol. The largest absolute Gasteiger partial charge is 0.461 e. The predicted octanol–water partition coefficient (Wildman–Crippen LogP) is 3.64. The maximum Gasteiger partial charge on any atom is 0.238 e. The Morgan fingerprint density at radius 2 is 2.03 bits per heavy atom. The van der Waals surface area contributed by atoms with Gasteiger partial charge in [-0.2, -0.15) is 0 Å². The molecule has 11 heteroatoms. The van der Waals surface area contributed by atoms with Crippen LogP contribution in [0.5, 0.6) is 0 Å². The van der Waals surface area contributed by atoms with Crippen LogP contribution < -0.4 is 5.32 Å². The summed E-state index contributed by atoms with van der Waals surface area (Å²) in [6, 6.07) is 5.21.